The predicted octanol–water partition coefficient (Wildman–Crippen LogP) is 4.23. The van der Waals surface area contributed by atoms with Gasteiger partial charge in [0, 0.05) is 18.5 Å². The molecule has 140 valence electrons. The van der Waals surface area contributed by atoms with E-state index in [4.69, 9.17) is 9.47 Å². The molecule has 2 aromatic carbocycles. The summed E-state index contributed by atoms with van der Waals surface area (Å²) in [7, 11) is 5.43. The van der Waals surface area contributed by atoms with Crippen LogP contribution in [0.5, 0.6) is 11.5 Å². The number of ketones is 1. The molecule has 2 rings (SSSR count). The van der Waals surface area contributed by atoms with Crippen LogP contribution in [0.1, 0.15) is 35.2 Å². The van der Waals surface area contributed by atoms with Gasteiger partial charge in [-0.1, -0.05) is 36.4 Å². The number of rotatable bonds is 11. The van der Waals surface area contributed by atoms with Crippen LogP contribution in [0.2, 0.25) is 0 Å². The van der Waals surface area contributed by atoms with Gasteiger partial charge in [-0.3, -0.25) is 4.79 Å². The molecule has 0 amide bonds. The van der Waals surface area contributed by atoms with Crippen molar-refractivity contribution in [2.24, 2.45) is 0 Å². The molecular weight excluding hydrogens is 326 g/mol. The Morgan fingerprint density at radius 1 is 0.923 bits per heavy atom. The zero-order chi connectivity index (χ0) is 18.8. The van der Waals surface area contributed by atoms with Gasteiger partial charge in [-0.05, 0) is 50.6 Å². The second-order valence-corrected chi connectivity index (χ2v) is 6.49. The molecule has 0 heterocycles. The molecule has 0 radical (unpaired) electrons. The number of carbonyl (C=O) groups is 1. The van der Waals surface area contributed by atoms with Crippen molar-refractivity contribution in [1.29, 1.82) is 0 Å². The SMILES string of the molecule is COc1ccc(CCN(C)CCCCC(=O)c2ccccc2)cc1OC. The van der Waals surface area contributed by atoms with Crippen molar-refractivity contribution in [3.05, 3.63) is 59.7 Å². The van der Waals surface area contributed by atoms with Crippen LogP contribution in [-0.4, -0.2) is 45.0 Å². The quantitative estimate of drug-likeness (QED) is 0.447. The highest BCUT2D eigenvalue weighted by molar-refractivity contribution is 5.95. The number of methoxy groups -OCH3 is 2. The van der Waals surface area contributed by atoms with Crippen LogP contribution in [0.4, 0.5) is 0 Å². The van der Waals surface area contributed by atoms with Gasteiger partial charge in [0.1, 0.15) is 0 Å². The van der Waals surface area contributed by atoms with Crippen molar-refractivity contribution in [2.75, 3.05) is 34.4 Å². The molecule has 0 aliphatic carbocycles. The molecule has 0 aromatic heterocycles. The molecule has 0 fully saturated rings. The van der Waals surface area contributed by atoms with E-state index in [1.165, 1.54) is 5.56 Å². The molecule has 2 aromatic rings. The molecule has 0 bridgehead atoms. The average Bonchev–Trinajstić information content (AvgIpc) is 2.69. The van der Waals surface area contributed by atoms with Crippen molar-refractivity contribution in [1.82, 2.24) is 4.90 Å². The van der Waals surface area contributed by atoms with Crippen molar-refractivity contribution in [3.8, 4) is 11.5 Å². The number of likely N-dealkylation sites (N-methyl/N-ethyl adjacent to an activating group) is 1. The third-order valence-corrected chi connectivity index (χ3v) is 4.52. The lowest BCUT2D eigenvalue weighted by Crippen LogP contribution is -2.22. The van der Waals surface area contributed by atoms with Crippen LogP contribution < -0.4 is 9.47 Å². The molecule has 26 heavy (non-hydrogen) atoms. The van der Waals surface area contributed by atoms with Crippen LogP contribution in [0.25, 0.3) is 0 Å². The van der Waals surface area contributed by atoms with E-state index in [2.05, 4.69) is 18.0 Å². The maximum absolute atomic E-state index is 12.1. The number of Topliss-reactive ketones (excluding diaryl/α,β-unsaturated/α-hetero) is 1. The first-order chi connectivity index (χ1) is 12.6. The molecule has 4 nitrogen and oxygen atoms in total. The normalized spacial score (nSPS) is 10.8. The fourth-order valence-electron chi connectivity index (χ4n) is 2.90. The molecular formula is C22H29NO3. The molecule has 0 saturated heterocycles. The average molecular weight is 355 g/mol. The van der Waals surface area contributed by atoms with Gasteiger partial charge in [0.2, 0.25) is 0 Å². The van der Waals surface area contributed by atoms with Crippen molar-refractivity contribution >= 4 is 5.78 Å². The highest BCUT2D eigenvalue weighted by atomic mass is 16.5. The minimum absolute atomic E-state index is 0.235. The second-order valence-electron chi connectivity index (χ2n) is 6.49. The Hall–Kier alpha value is -2.33. The van der Waals surface area contributed by atoms with E-state index in [-0.39, 0.29) is 5.78 Å². The molecule has 0 unspecified atom stereocenters. The summed E-state index contributed by atoms with van der Waals surface area (Å²) in [6, 6.07) is 15.6. The van der Waals surface area contributed by atoms with Gasteiger partial charge in [0.25, 0.3) is 0 Å². The molecule has 0 aliphatic rings. The van der Waals surface area contributed by atoms with Gasteiger partial charge < -0.3 is 14.4 Å². The summed E-state index contributed by atoms with van der Waals surface area (Å²) in [5.41, 5.74) is 2.04. The zero-order valence-corrected chi connectivity index (χ0v) is 16.0. The van der Waals surface area contributed by atoms with Crippen LogP contribution in [0, 0.1) is 0 Å². The van der Waals surface area contributed by atoms with Crippen molar-refractivity contribution in [3.63, 3.8) is 0 Å². The largest absolute Gasteiger partial charge is 0.493 e. The third kappa shape index (κ3) is 6.19. The van der Waals surface area contributed by atoms with E-state index in [1.807, 2.05) is 42.5 Å². The summed E-state index contributed by atoms with van der Waals surface area (Å²) in [5, 5.41) is 0. The fraction of sp³-hybridized carbons (Fsp3) is 0.409. The smallest absolute Gasteiger partial charge is 0.162 e. The van der Waals surface area contributed by atoms with E-state index in [0.29, 0.717) is 6.42 Å². The first-order valence-electron chi connectivity index (χ1n) is 9.11. The third-order valence-electron chi connectivity index (χ3n) is 4.52. The van der Waals surface area contributed by atoms with Crippen molar-refractivity contribution < 1.29 is 14.3 Å². The Kier molecular flexibility index (Phi) is 8.16. The van der Waals surface area contributed by atoms with Crippen LogP contribution in [0.15, 0.2) is 48.5 Å². The van der Waals surface area contributed by atoms with Crippen LogP contribution >= 0.6 is 0 Å². The minimum atomic E-state index is 0.235. The molecule has 0 aliphatic heterocycles. The summed E-state index contributed by atoms with van der Waals surface area (Å²) >= 11 is 0. The number of nitrogens with zero attached hydrogens (tertiary/aromatic N) is 1. The number of unbranched alkanes of at least 4 members (excludes halogenated alkanes) is 1. The predicted molar refractivity (Wildman–Crippen MR) is 105 cm³/mol. The lowest BCUT2D eigenvalue weighted by atomic mass is 10.1. The Balaban J connectivity index is 1.67. The maximum atomic E-state index is 12.1. The number of hydrogen-bond donors (Lipinski definition) is 0. The van der Waals surface area contributed by atoms with E-state index >= 15 is 0 Å². The first kappa shape index (κ1) is 20.0. The van der Waals surface area contributed by atoms with E-state index in [9.17, 15) is 4.79 Å². The Morgan fingerprint density at radius 2 is 1.65 bits per heavy atom. The fourth-order valence-corrected chi connectivity index (χ4v) is 2.90. The highest BCUT2D eigenvalue weighted by Gasteiger charge is 2.07. The minimum Gasteiger partial charge on any atom is -0.493 e. The first-order valence-corrected chi connectivity index (χ1v) is 9.11. The number of carbonyl (C=O) groups excluding carboxylic acids is 1. The topological polar surface area (TPSA) is 38.8 Å². The van der Waals surface area contributed by atoms with Gasteiger partial charge >= 0.3 is 0 Å². The number of ether oxygens (including phenoxy) is 2. The molecule has 0 spiro atoms. The Labute approximate surface area is 156 Å². The summed E-state index contributed by atoms with van der Waals surface area (Å²) in [5.74, 6) is 1.76. The number of hydrogen-bond acceptors (Lipinski definition) is 4. The molecule has 0 saturated carbocycles. The van der Waals surface area contributed by atoms with Crippen LogP contribution in [-0.2, 0) is 6.42 Å². The molecule has 0 N–H and O–H groups in total. The summed E-state index contributed by atoms with van der Waals surface area (Å²) in [4.78, 5) is 14.4. The van der Waals surface area contributed by atoms with Gasteiger partial charge in [-0.2, -0.15) is 0 Å². The van der Waals surface area contributed by atoms with Crippen molar-refractivity contribution in [2.45, 2.75) is 25.7 Å². The van der Waals surface area contributed by atoms with E-state index < -0.39 is 0 Å². The van der Waals surface area contributed by atoms with Gasteiger partial charge in [-0.25, -0.2) is 0 Å². The maximum Gasteiger partial charge on any atom is 0.162 e. The Morgan fingerprint density at radius 3 is 2.35 bits per heavy atom. The van der Waals surface area contributed by atoms with E-state index in [1.54, 1.807) is 14.2 Å². The lowest BCUT2D eigenvalue weighted by molar-refractivity contribution is 0.0978. The second kappa shape index (κ2) is 10.6. The van der Waals surface area contributed by atoms with Crippen LogP contribution in [0.3, 0.4) is 0 Å². The summed E-state index contributed by atoms with van der Waals surface area (Å²) < 4.78 is 10.6. The molecule has 4 heteroatoms. The standard InChI is InChI=1S/C22H29NO3/c1-23(15-8-7-11-20(24)19-9-5-4-6-10-19)16-14-18-12-13-21(25-2)22(17-18)26-3/h4-6,9-10,12-13,17H,7-8,11,14-16H2,1-3H3. The van der Waals surface area contributed by atoms with Gasteiger partial charge in [-0.15, -0.1) is 0 Å². The lowest BCUT2D eigenvalue weighted by Gasteiger charge is -2.17. The summed E-state index contributed by atoms with van der Waals surface area (Å²) in [6.07, 6.45) is 3.53. The summed E-state index contributed by atoms with van der Waals surface area (Å²) in [6.45, 7) is 1.97. The van der Waals surface area contributed by atoms with Gasteiger partial charge in [0.05, 0.1) is 14.2 Å². The highest BCUT2D eigenvalue weighted by Crippen LogP contribution is 2.27. The van der Waals surface area contributed by atoms with E-state index in [0.717, 1.165) is 49.4 Å². The van der Waals surface area contributed by atoms with Gasteiger partial charge in [0.15, 0.2) is 17.3 Å². The zero-order valence-electron chi connectivity index (χ0n) is 16.0. The monoisotopic (exact) mass is 355 g/mol. The number of benzene rings is 2. The Bertz CT molecular complexity index is 685. The molecule has 0 atom stereocenters.